The number of imidazole rings is 1. The number of nitrogens with one attached hydrogen (secondary N) is 1. The average Bonchev–Trinajstić information content (AvgIpc) is 3.02. The maximum absolute atomic E-state index is 12.8. The lowest BCUT2D eigenvalue weighted by Crippen LogP contribution is -2.30. The highest BCUT2D eigenvalue weighted by atomic mass is 32.2. The number of nitrogens with zero attached hydrogens (tertiary/aromatic N) is 3. The molecule has 0 unspecified atom stereocenters. The summed E-state index contributed by atoms with van der Waals surface area (Å²) in [7, 11) is -1.66. The van der Waals surface area contributed by atoms with E-state index in [1.807, 2.05) is 56.7 Å². The number of carbonyl (C=O) groups excluding carboxylic acids is 1. The summed E-state index contributed by atoms with van der Waals surface area (Å²) in [5, 5.41) is 2.90. The normalized spacial score (nSPS) is 11.9. The van der Waals surface area contributed by atoms with Gasteiger partial charge >= 0.3 is 0 Å². The van der Waals surface area contributed by atoms with Gasteiger partial charge in [0.05, 0.1) is 15.9 Å². The van der Waals surface area contributed by atoms with Crippen LogP contribution in [0.5, 0.6) is 0 Å². The van der Waals surface area contributed by atoms with E-state index in [1.165, 1.54) is 4.31 Å². The number of carbonyl (C=O) groups is 1. The van der Waals surface area contributed by atoms with E-state index in [4.69, 9.17) is 0 Å². The minimum absolute atomic E-state index is 0.0857. The molecule has 0 spiro atoms. The summed E-state index contributed by atoms with van der Waals surface area (Å²) < 4.78 is 28.9. The summed E-state index contributed by atoms with van der Waals surface area (Å²) in [4.78, 5) is 17.1. The molecular weight excluding hydrogens is 400 g/mol. The van der Waals surface area contributed by atoms with Crippen molar-refractivity contribution in [2.75, 3.05) is 18.4 Å². The lowest BCUT2D eigenvalue weighted by atomic mass is 10.2. The molecule has 160 valence electrons. The zero-order valence-electron chi connectivity index (χ0n) is 17.8. The maximum Gasteiger partial charge on any atom is 0.243 e. The Labute approximate surface area is 177 Å². The molecule has 1 amide bonds. The van der Waals surface area contributed by atoms with Crippen LogP contribution in [-0.4, -0.2) is 41.3 Å². The molecule has 0 atom stereocenters. The molecule has 0 radical (unpaired) electrons. The zero-order chi connectivity index (χ0) is 21.9. The standard InChI is InChI=1S/C22H28N4O3S/c1-5-26(6-2)30(28,29)18-10-11-20-19(15-18)24-21(25(20)4)12-13-22(27)23-17-9-7-8-16(3)14-17/h7-11,14-15H,5-6,12-13H2,1-4H3,(H,23,27). The van der Waals surface area contributed by atoms with E-state index >= 15 is 0 Å². The first kappa shape index (κ1) is 22.0. The Morgan fingerprint density at radius 1 is 1.13 bits per heavy atom. The molecule has 0 aliphatic rings. The van der Waals surface area contributed by atoms with Crippen LogP contribution in [0.15, 0.2) is 47.4 Å². The van der Waals surface area contributed by atoms with E-state index in [0.717, 1.165) is 22.6 Å². The predicted molar refractivity (Wildman–Crippen MR) is 119 cm³/mol. The third-order valence-corrected chi connectivity index (χ3v) is 7.21. The van der Waals surface area contributed by atoms with Gasteiger partial charge in [-0.25, -0.2) is 13.4 Å². The largest absolute Gasteiger partial charge is 0.331 e. The van der Waals surface area contributed by atoms with Gasteiger partial charge in [0.25, 0.3) is 0 Å². The minimum atomic E-state index is -3.54. The first-order valence-corrected chi connectivity index (χ1v) is 11.5. The van der Waals surface area contributed by atoms with Crippen LogP contribution in [0.25, 0.3) is 11.0 Å². The summed E-state index contributed by atoms with van der Waals surface area (Å²) in [6, 6.07) is 12.7. The van der Waals surface area contributed by atoms with Crippen molar-refractivity contribution >= 4 is 32.7 Å². The smallest absolute Gasteiger partial charge is 0.243 e. The van der Waals surface area contributed by atoms with Gasteiger partial charge in [0.2, 0.25) is 15.9 Å². The third kappa shape index (κ3) is 4.55. The van der Waals surface area contributed by atoms with Gasteiger partial charge in [0, 0.05) is 38.7 Å². The number of hydrogen-bond acceptors (Lipinski definition) is 4. The zero-order valence-corrected chi connectivity index (χ0v) is 18.7. The molecule has 1 heterocycles. The van der Waals surface area contributed by atoms with Crippen LogP contribution in [0.2, 0.25) is 0 Å². The quantitative estimate of drug-likeness (QED) is 0.595. The van der Waals surface area contributed by atoms with Crippen molar-refractivity contribution in [2.24, 2.45) is 7.05 Å². The lowest BCUT2D eigenvalue weighted by molar-refractivity contribution is -0.116. The van der Waals surface area contributed by atoms with E-state index in [9.17, 15) is 13.2 Å². The molecule has 1 N–H and O–H groups in total. The van der Waals surface area contributed by atoms with E-state index in [0.29, 0.717) is 25.0 Å². The fourth-order valence-corrected chi connectivity index (χ4v) is 4.98. The molecule has 0 saturated carbocycles. The number of benzene rings is 2. The highest BCUT2D eigenvalue weighted by Gasteiger charge is 2.22. The molecule has 2 aromatic carbocycles. The van der Waals surface area contributed by atoms with Gasteiger partial charge < -0.3 is 9.88 Å². The van der Waals surface area contributed by atoms with E-state index in [2.05, 4.69) is 10.3 Å². The van der Waals surface area contributed by atoms with Gasteiger partial charge in [-0.3, -0.25) is 4.79 Å². The Balaban J connectivity index is 1.77. The molecule has 30 heavy (non-hydrogen) atoms. The summed E-state index contributed by atoms with van der Waals surface area (Å²) >= 11 is 0. The highest BCUT2D eigenvalue weighted by Crippen LogP contribution is 2.23. The fraction of sp³-hybridized carbons (Fsp3) is 0.364. The van der Waals surface area contributed by atoms with Gasteiger partial charge in [-0.2, -0.15) is 4.31 Å². The van der Waals surface area contributed by atoms with Crippen molar-refractivity contribution in [3.05, 3.63) is 53.9 Å². The molecule has 1 aromatic heterocycles. The first-order valence-electron chi connectivity index (χ1n) is 10.1. The topological polar surface area (TPSA) is 84.3 Å². The molecule has 8 heteroatoms. The number of fused-ring (bicyclic) bond motifs is 1. The Kier molecular flexibility index (Phi) is 6.58. The second kappa shape index (κ2) is 8.97. The Morgan fingerprint density at radius 2 is 1.87 bits per heavy atom. The number of amides is 1. The number of aryl methyl sites for hydroxylation is 3. The summed E-state index contributed by atoms with van der Waals surface area (Å²) in [5.41, 5.74) is 3.30. The maximum atomic E-state index is 12.8. The van der Waals surface area contributed by atoms with Crippen LogP contribution in [0.3, 0.4) is 0 Å². The van der Waals surface area contributed by atoms with Crippen LogP contribution in [0.1, 0.15) is 31.7 Å². The minimum Gasteiger partial charge on any atom is -0.331 e. The van der Waals surface area contributed by atoms with Gasteiger partial charge in [-0.05, 0) is 42.8 Å². The first-order chi connectivity index (χ1) is 14.3. The molecule has 0 saturated heterocycles. The second-order valence-corrected chi connectivity index (χ2v) is 9.18. The Morgan fingerprint density at radius 3 is 2.53 bits per heavy atom. The molecule has 3 aromatic rings. The van der Waals surface area contributed by atoms with Crippen molar-refractivity contribution < 1.29 is 13.2 Å². The number of anilines is 1. The van der Waals surface area contributed by atoms with Crippen LogP contribution in [-0.2, 0) is 28.3 Å². The molecule has 0 aliphatic heterocycles. The monoisotopic (exact) mass is 428 g/mol. The number of aromatic nitrogens is 2. The fourth-order valence-electron chi connectivity index (χ4n) is 3.50. The van der Waals surface area contributed by atoms with Crippen LogP contribution < -0.4 is 5.32 Å². The number of rotatable bonds is 8. The molecule has 7 nitrogen and oxygen atoms in total. The van der Waals surface area contributed by atoms with E-state index in [1.54, 1.807) is 18.2 Å². The summed E-state index contributed by atoms with van der Waals surface area (Å²) in [5.74, 6) is 0.652. The average molecular weight is 429 g/mol. The van der Waals surface area contributed by atoms with Crippen molar-refractivity contribution in [3.8, 4) is 0 Å². The van der Waals surface area contributed by atoms with Gasteiger partial charge in [0.1, 0.15) is 5.82 Å². The molecule has 0 fully saturated rings. The van der Waals surface area contributed by atoms with E-state index in [-0.39, 0.29) is 17.2 Å². The second-order valence-electron chi connectivity index (χ2n) is 7.24. The molecule has 0 bridgehead atoms. The van der Waals surface area contributed by atoms with Gasteiger partial charge in [-0.1, -0.05) is 26.0 Å². The third-order valence-electron chi connectivity index (χ3n) is 5.17. The van der Waals surface area contributed by atoms with E-state index < -0.39 is 10.0 Å². The molecule has 3 rings (SSSR count). The summed E-state index contributed by atoms with van der Waals surface area (Å²) in [6.45, 7) is 6.45. The SMILES string of the molecule is CCN(CC)S(=O)(=O)c1ccc2c(c1)nc(CCC(=O)Nc1cccc(C)c1)n2C. The van der Waals surface area contributed by atoms with Crippen molar-refractivity contribution in [2.45, 2.75) is 38.5 Å². The Hall–Kier alpha value is -2.71. The van der Waals surface area contributed by atoms with Crippen molar-refractivity contribution in [1.29, 1.82) is 0 Å². The molecule has 0 aliphatic carbocycles. The lowest BCUT2D eigenvalue weighted by Gasteiger charge is -2.18. The van der Waals surface area contributed by atoms with Crippen molar-refractivity contribution in [3.63, 3.8) is 0 Å². The van der Waals surface area contributed by atoms with Crippen LogP contribution >= 0.6 is 0 Å². The number of hydrogen-bond donors (Lipinski definition) is 1. The number of sulfonamides is 1. The van der Waals surface area contributed by atoms with Crippen LogP contribution in [0.4, 0.5) is 5.69 Å². The molecular formula is C22H28N4O3S. The van der Waals surface area contributed by atoms with Crippen molar-refractivity contribution in [1.82, 2.24) is 13.9 Å². The van der Waals surface area contributed by atoms with Gasteiger partial charge in [-0.15, -0.1) is 0 Å². The Bertz CT molecular complexity index is 1160. The summed E-state index contributed by atoms with van der Waals surface area (Å²) in [6.07, 6.45) is 0.747. The van der Waals surface area contributed by atoms with Gasteiger partial charge in [0.15, 0.2) is 0 Å². The van der Waals surface area contributed by atoms with Crippen LogP contribution in [0, 0.1) is 6.92 Å². The predicted octanol–water partition coefficient (Wildman–Crippen LogP) is 3.48. The highest BCUT2D eigenvalue weighted by molar-refractivity contribution is 7.89.